The van der Waals surface area contributed by atoms with Crippen molar-refractivity contribution in [1.82, 2.24) is 41.9 Å². The molecule has 298 valence electrons. The van der Waals surface area contributed by atoms with Crippen LogP contribution in [0.1, 0.15) is 84.9 Å². The maximum Gasteiger partial charge on any atom is 0.243 e. The SMILES string of the molecule is CC[C@H](C)[C@@H](C=O)NC(=O)[C@@H](NC(=O)C[C@H](O)[C@H](CC(C)C)NC(=O)[C@H](Cc1cnc[nH]1)NC(=O)[C@H](Cc1ccccc1)NC(=O)[C@@H]1CCCN1)C(C)C. The quantitative estimate of drug-likeness (QED) is 0.0805. The van der Waals surface area contributed by atoms with Gasteiger partial charge in [-0.3, -0.25) is 24.0 Å². The van der Waals surface area contributed by atoms with Crippen molar-refractivity contribution in [1.29, 1.82) is 0 Å². The van der Waals surface area contributed by atoms with Gasteiger partial charge in [-0.1, -0.05) is 78.3 Å². The number of aromatic nitrogens is 2. The van der Waals surface area contributed by atoms with Crippen molar-refractivity contribution < 1.29 is 33.9 Å². The normalized spacial score (nSPS) is 18.1. The molecule has 0 radical (unpaired) electrons. The minimum Gasteiger partial charge on any atom is -0.390 e. The maximum absolute atomic E-state index is 14.0. The van der Waals surface area contributed by atoms with E-state index in [1.807, 2.05) is 58.0 Å². The summed E-state index contributed by atoms with van der Waals surface area (Å²) in [7, 11) is 0. The number of nitrogens with zero attached hydrogens (tertiary/aromatic N) is 1. The van der Waals surface area contributed by atoms with E-state index < -0.39 is 72.4 Å². The van der Waals surface area contributed by atoms with Crippen molar-refractivity contribution in [3.8, 4) is 0 Å². The molecule has 0 spiro atoms. The number of hydrogen-bond donors (Lipinski definition) is 8. The second kappa shape index (κ2) is 21.9. The zero-order chi connectivity index (χ0) is 39.8. The van der Waals surface area contributed by atoms with E-state index >= 15 is 0 Å². The Morgan fingerprint density at radius 2 is 1.59 bits per heavy atom. The molecular weight excluding hydrogens is 692 g/mol. The molecular formula is C39H60N8O7. The number of aliphatic hydroxyl groups excluding tert-OH is 1. The van der Waals surface area contributed by atoms with Crippen molar-refractivity contribution >= 4 is 35.8 Å². The first-order valence-corrected chi connectivity index (χ1v) is 19.1. The van der Waals surface area contributed by atoms with E-state index in [-0.39, 0.29) is 36.5 Å². The van der Waals surface area contributed by atoms with Gasteiger partial charge in [-0.15, -0.1) is 0 Å². The first-order chi connectivity index (χ1) is 25.7. The van der Waals surface area contributed by atoms with Gasteiger partial charge in [0.05, 0.1) is 37.0 Å². The predicted molar refractivity (Wildman–Crippen MR) is 204 cm³/mol. The van der Waals surface area contributed by atoms with Gasteiger partial charge in [0, 0.05) is 24.7 Å². The molecule has 15 nitrogen and oxygen atoms in total. The van der Waals surface area contributed by atoms with E-state index in [0.717, 1.165) is 12.0 Å². The number of hydrogen-bond acceptors (Lipinski definition) is 9. The highest BCUT2D eigenvalue weighted by Gasteiger charge is 2.34. The number of carbonyl (C=O) groups is 6. The van der Waals surface area contributed by atoms with Gasteiger partial charge in [0.25, 0.3) is 0 Å². The summed E-state index contributed by atoms with van der Waals surface area (Å²) >= 11 is 0. The fraction of sp³-hybridized carbons (Fsp3) is 0.615. The molecule has 8 atom stereocenters. The number of H-pyrrole nitrogens is 1. The molecule has 3 rings (SSSR count). The lowest BCUT2D eigenvalue weighted by Gasteiger charge is -2.30. The number of benzene rings is 1. The molecule has 0 saturated carbocycles. The number of amides is 5. The number of aromatic amines is 1. The number of imidazole rings is 1. The molecule has 1 aromatic heterocycles. The second-order valence-corrected chi connectivity index (χ2v) is 15.1. The molecule has 1 aliphatic rings. The van der Waals surface area contributed by atoms with Crippen LogP contribution in [0.4, 0.5) is 0 Å². The van der Waals surface area contributed by atoms with Gasteiger partial charge >= 0.3 is 0 Å². The third-order valence-electron chi connectivity index (χ3n) is 9.79. The number of carbonyl (C=O) groups excluding carboxylic acids is 6. The Morgan fingerprint density at radius 1 is 0.907 bits per heavy atom. The van der Waals surface area contributed by atoms with Crippen molar-refractivity contribution in [2.24, 2.45) is 17.8 Å². The van der Waals surface area contributed by atoms with Crippen LogP contribution in [0.15, 0.2) is 42.9 Å². The molecule has 54 heavy (non-hydrogen) atoms. The molecule has 15 heteroatoms. The Bertz CT molecular complexity index is 1500. The van der Waals surface area contributed by atoms with Crippen LogP contribution in [-0.2, 0) is 41.6 Å². The lowest BCUT2D eigenvalue weighted by molar-refractivity contribution is -0.134. The highest BCUT2D eigenvalue weighted by molar-refractivity contribution is 5.93. The van der Waals surface area contributed by atoms with Gasteiger partial charge in [0.15, 0.2) is 0 Å². The minimum absolute atomic E-state index is 0.00154. The highest BCUT2D eigenvalue weighted by atomic mass is 16.3. The smallest absolute Gasteiger partial charge is 0.243 e. The minimum atomic E-state index is -1.34. The average molecular weight is 753 g/mol. The zero-order valence-electron chi connectivity index (χ0n) is 32.4. The Balaban J connectivity index is 1.77. The number of rotatable bonds is 22. The fourth-order valence-corrected chi connectivity index (χ4v) is 6.36. The van der Waals surface area contributed by atoms with E-state index in [4.69, 9.17) is 0 Å². The molecule has 1 fully saturated rings. The van der Waals surface area contributed by atoms with Crippen molar-refractivity contribution in [3.63, 3.8) is 0 Å². The van der Waals surface area contributed by atoms with Crippen LogP contribution in [-0.4, -0.2) is 99.8 Å². The van der Waals surface area contributed by atoms with Gasteiger partial charge in [0.1, 0.15) is 24.4 Å². The van der Waals surface area contributed by atoms with Crippen molar-refractivity contribution in [2.75, 3.05) is 6.54 Å². The Hall–Kier alpha value is -4.63. The van der Waals surface area contributed by atoms with E-state index in [2.05, 4.69) is 41.9 Å². The van der Waals surface area contributed by atoms with E-state index in [9.17, 15) is 33.9 Å². The summed E-state index contributed by atoms with van der Waals surface area (Å²) in [6.07, 6.45) is 4.60. The predicted octanol–water partition coefficient (Wildman–Crippen LogP) is 1.07. The average Bonchev–Trinajstić information content (AvgIpc) is 3.87. The summed E-state index contributed by atoms with van der Waals surface area (Å²) in [5.41, 5.74) is 1.39. The van der Waals surface area contributed by atoms with Crippen molar-refractivity contribution in [2.45, 2.75) is 129 Å². The third-order valence-corrected chi connectivity index (χ3v) is 9.79. The summed E-state index contributed by atoms with van der Waals surface area (Å²) in [6, 6.07) is 4.14. The summed E-state index contributed by atoms with van der Waals surface area (Å²) in [6.45, 7) is 11.8. The molecule has 0 aliphatic carbocycles. The first-order valence-electron chi connectivity index (χ1n) is 19.1. The zero-order valence-corrected chi connectivity index (χ0v) is 32.4. The van der Waals surface area contributed by atoms with E-state index in [0.29, 0.717) is 37.8 Å². The van der Waals surface area contributed by atoms with Crippen LogP contribution in [0.3, 0.4) is 0 Å². The van der Waals surface area contributed by atoms with E-state index in [1.54, 1.807) is 13.8 Å². The van der Waals surface area contributed by atoms with Crippen LogP contribution in [0, 0.1) is 17.8 Å². The van der Waals surface area contributed by atoms with Gasteiger partial charge in [-0.25, -0.2) is 4.98 Å². The third kappa shape index (κ3) is 14.0. The molecule has 5 amide bonds. The van der Waals surface area contributed by atoms with E-state index in [1.165, 1.54) is 12.5 Å². The summed E-state index contributed by atoms with van der Waals surface area (Å²) in [4.78, 5) is 86.1. The molecule has 1 aromatic carbocycles. The fourth-order valence-electron chi connectivity index (χ4n) is 6.36. The lowest BCUT2D eigenvalue weighted by atomic mass is 9.95. The molecule has 0 unspecified atom stereocenters. The van der Waals surface area contributed by atoms with Crippen LogP contribution in [0.5, 0.6) is 0 Å². The topological polar surface area (TPSA) is 224 Å². The standard InChI is InChI=1S/C39H60N8O7/c1-7-25(6)32(21-48)46-39(54)35(24(4)5)47-34(50)19-33(49)29(16-23(2)3)43-38(53)31(18-27-20-40-22-42-27)45-37(52)30(17-26-12-9-8-10-13-26)44-36(51)28-14-11-15-41-28/h8-10,12-13,20-25,28-33,35,41,49H,7,11,14-19H2,1-6H3,(H,40,42)(H,43,53)(H,44,51)(H,45,52)(H,46,54)(H,47,50)/t25-,28-,29-,30-,31-,32+,33-,35-/m0/s1. The van der Waals surface area contributed by atoms with Crippen LogP contribution >= 0.6 is 0 Å². The molecule has 2 heterocycles. The molecule has 1 saturated heterocycles. The number of aliphatic hydroxyl groups is 1. The Kier molecular flexibility index (Phi) is 17.8. The molecule has 2 aromatic rings. The second-order valence-electron chi connectivity index (χ2n) is 15.1. The Labute approximate surface area is 318 Å². The van der Waals surface area contributed by atoms with Crippen LogP contribution in [0.2, 0.25) is 0 Å². The molecule has 0 bridgehead atoms. The summed E-state index contributed by atoms with van der Waals surface area (Å²) in [5.74, 6) is -2.99. The van der Waals surface area contributed by atoms with Gasteiger partial charge in [0.2, 0.25) is 29.5 Å². The first kappa shape index (κ1) is 43.8. The van der Waals surface area contributed by atoms with Gasteiger partial charge in [-0.2, -0.15) is 0 Å². The molecule has 1 aliphatic heterocycles. The van der Waals surface area contributed by atoms with Crippen LogP contribution < -0.4 is 31.9 Å². The summed E-state index contributed by atoms with van der Waals surface area (Å²) < 4.78 is 0. The Morgan fingerprint density at radius 3 is 2.17 bits per heavy atom. The number of nitrogens with one attached hydrogen (secondary N) is 7. The lowest BCUT2D eigenvalue weighted by Crippen LogP contribution is -2.58. The molecule has 8 N–H and O–H groups in total. The summed E-state index contributed by atoms with van der Waals surface area (Å²) in [5, 5.41) is 28.5. The highest BCUT2D eigenvalue weighted by Crippen LogP contribution is 2.15. The van der Waals surface area contributed by atoms with Gasteiger partial charge in [-0.05, 0) is 49.1 Å². The van der Waals surface area contributed by atoms with Crippen LogP contribution in [0.25, 0.3) is 0 Å². The van der Waals surface area contributed by atoms with Crippen molar-refractivity contribution in [3.05, 3.63) is 54.1 Å². The maximum atomic E-state index is 14.0. The number of aldehydes is 1. The monoisotopic (exact) mass is 752 g/mol. The largest absolute Gasteiger partial charge is 0.390 e. The van der Waals surface area contributed by atoms with Gasteiger partial charge < -0.3 is 46.8 Å².